The number of urea groups is 1. The molecule has 30 heavy (non-hydrogen) atoms. The van der Waals surface area contributed by atoms with Crippen molar-refractivity contribution >= 4 is 11.7 Å². The molecule has 0 radical (unpaired) electrons. The second kappa shape index (κ2) is 10.4. The van der Waals surface area contributed by atoms with Crippen molar-refractivity contribution < 1.29 is 13.6 Å². The van der Waals surface area contributed by atoms with Gasteiger partial charge in [-0.05, 0) is 61.9 Å². The Kier molecular flexibility index (Phi) is 7.63. The number of halogens is 2. The number of likely N-dealkylation sites (N-methyl/N-ethyl adjacent to an activating group) is 1. The Hall–Kier alpha value is -2.67. The van der Waals surface area contributed by atoms with Crippen LogP contribution in [0.15, 0.2) is 48.5 Å². The average molecular weight is 417 g/mol. The summed E-state index contributed by atoms with van der Waals surface area (Å²) in [5, 5.41) is 2.98. The van der Waals surface area contributed by atoms with Crippen LogP contribution in [0.2, 0.25) is 0 Å². The molecule has 162 valence electrons. The molecule has 1 N–H and O–H groups in total. The van der Waals surface area contributed by atoms with Crippen LogP contribution in [-0.4, -0.2) is 62.1 Å². The summed E-state index contributed by atoms with van der Waals surface area (Å²) in [6.07, 6.45) is 1.76. The molecule has 2 aromatic rings. The van der Waals surface area contributed by atoms with E-state index in [2.05, 4.69) is 15.1 Å². The van der Waals surface area contributed by atoms with Crippen LogP contribution in [0.1, 0.15) is 18.4 Å². The third-order valence-electron chi connectivity index (χ3n) is 5.66. The highest BCUT2D eigenvalue weighted by Crippen LogP contribution is 2.22. The summed E-state index contributed by atoms with van der Waals surface area (Å²) in [5.41, 5.74) is 2.06. The summed E-state index contributed by atoms with van der Waals surface area (Å²) >= 11 is 0. The molecular weight excluding hydrogens is 386 g/mol. The van der Waals surface area contributed by atoms with E-state index in [0.717, 1.165) is 37.2 Å². The van der Waals surface area contributed by atoms with Gasteiger partial charge < -0.3 is 20.0 Å². The van der Waals surface area contributed by atoms with Crippen LogP contribution >= 0.6 is 0 Å². The van der Waals surface area contributed by atoms with Crippen molar-refractivity contribution in [2.45, 2.75) is 25.4 Å². The minimum atomic E-state index is -0.236. The van der Waals surface area contributed by atoms with Gasteiger partial charge in [0.25, 0.3) is 0 Å². The van der Waals surface area contributed by atoms with Crippen molar-refractivity contribution in [3.63, 3.8) is 0 Å². The third-order valence-corrected chi connectivity index (χ3v) is 5.66. The van der Waals surface area contributed by atoms with E-state index >= 15 is 0 Å². The van der Waals surface area contributed by atoms with E-state index in [1.807, 2.05) is 14.1 Å². The molecule has 0 aliphatic carbocycles. The molecule has 1 aliphatic heterocycles. The van der Waals surface area contributed by atoms with E-state index in [-0.39, 0.29) is 23.7 Å². The maximum atomic E-state index is 13.1. The first kappa shape index (κ1) is 22.0. The number of hydrogen-bond donors (Lipinski definition) is 1. The fraction of sp³-hybridized carbons (Fsp3) is 0.435. The van der Waals surface area contributed by atoms with E-state index in [1.54, 1.807) is 29.2 Å². The average Bonchev–Trinajstić information content (AvgIpc) is 2.75. The van der Waals surface area contributed by atoms with Crippen molar-refractivity contribution in [3.05, 3.63) is 65.7 Å². The normalized spacial score (nSPS) is 14.8. The number of benzene rings is 2. The molecule has 1 fully saturated rings. The Balaban J connectivity index is 1.37. The molecule has 5 nitrogen and oxygen atoms in total. The van der Waals surface area contributed by atoms with Gasteiger partial charge in [0.15, 0.2) is 0 Å². The van der Waals surface area contributed by atoms with Gasteiger partial charge in [-0.2, -0.15) is 0 Å². The summed E-state index contributed by atoms with van der Waals surface area (Å²) in [6.45, 7) is 3.64. The molecule has 7 heteroatoms. The van der Waals surface area contributed by atoms with Crippen molar-refractivity contribution in [2.24, 2.45) is 0 Å². The molecular formula is C23H30F2N4O. The minimum Gasteiger partial charge on any atom is -0.371 e. The second-order valence-corrected chi connectivity index (χ2v) is 7.90. The predicted octanol–water partition coefficient (Wildman–Crippen LogP) is 3.71. The first-order chi connectivity index (χ1) is 14.4. The molecule has 0 bridgehead atoms. The van der Waals surface area contributed by atoms with Gasteiger partial charge in [0.2, 0.25) is 0 Å². The van der Waals surface area contributed by atoms with Crippen LogP contribution in [0.3, 0.4) is 0 Å². The number of hydrogen-bond acceptors (Lipinski definition) is 3. The largest absolute Gasteiger partial charge is 0.371 e. The second-order valence-electron chi connectivity index (χ2n) is 7.90. The summed E-state index contributed by atoms with van der Waals surface area (Å²) in [6, 6.07) is 13.2. The molecule has 2 amide bonds. The maximum absolute atomic E-state index is 13.1. The number of carbonyl (C=O) groups is 1. The monoisotopic (exact) mass is 416 g/mol. The van der Waals surface area contributed by atoms with Crippen LogP contribution in [0.25, 0.3) is 0 Å². The third kappa shape index (κ3) is 6.16. The molecule has 1 aliphatic rings. The number of piperidine rings is 1. The number of nitrogens with one attached hydrogen (secondary N) is 1. The molecule has 0 saturated carbocycles. The molecule has 1 saturated heterocycles. The number of carbonyl (C=O) groups excluding carboxylic acids is 1. The first-order valence-electron chi connectivity index (χ1n) is 10.4. The number of anilines is 1. The van der Waals surface area contributed by atoms with E-state index in [4.69, 9.17) is 0 Å². The lowest BCUT2D eigenvalue weighted by Crippen LogP contribution is -2.49. The van der Waals surface area contributed by atoms with Crippen molar-refractivity contribution in [1.82, 2.24) is 15.1 Å². The molecule has 3 rings (SSSR count). The summed E-state index contributed by atoms with van der Waals surface area (Å²) in [7, 11) is 3.82. The van der Waals surface area contributed by atoms with Crippen LogP contribution in [-0.2, 0) is 6.54 Å². The van der Waals surface area contributed by atoms with Gasteiger partial charge in [0.05, 0.1) is 0 Å². The molecule has 1 heterocycles. The van der Waals surface area contributed by atoms with E-state index in [9.17, 15) is 13.6 Å². The first-order valence-corrected chi connectivity index (χ1v) is 10.4. The maximum Gasteiger partial charge on any atom is 0.317 e. The number of nitrogens with zero attached hydrogens (tertiary/aromatic N) is 3. The Bertz CT molecular complexity index is 805. The molecule has 0 unspecified atom stereocenters. The summed E-state index contributed by atoms with van der Waals surface area (Å²) in [5.74, 6) is -0.464. The van der Waals surface area contributed by atoms with Gasteiger partial charge in [0, 0.05) is 51.5 Å². The van der Waals surface area contributed by atoms with Crippen LogP contribution in [0.4, 0.5) is 19.3 Å². The minimum absolute atomic E-state index is 0.0644. The SMILES string of the molecule is CN(CCNC(=O)N(C)C1CCN(c2ccc(F)cc2)CC1)Cc1ccc(F)cc1. The van der Waals surface area contributed by atoms with Gasteiger partial charge in [-0.25, -0.2) is 13.6 Å². The zero-order chi connectivity index (χ0) is 21.5. The van der Waals surface area contributed by atoms with Crippen LogP contribution < -0.4 is 10.2 Å². The Morgan fingerprint density at radius 1 is 1.00 bits per heavy atom. The molecule has 0 atom stereocenters. The Labute approximate surface area is 177 Å². The lowest BCUT2D eigenvalue weighted by Gasteiger charge is -2.37. The van der Waals surface area contributed by atoms with Crippen molar-refractivity contribution in [1.29, 1.82) is 0 Å². The quantitative estimate of drug-likeness (QED) is 0.748. The predicted molar refractivity (Wildman–Crippen MR) is 116 cm³/mol. The van der Waals surface area contributed by atoms with E-state index < -0.39 is 0 Å². The van der Waals surface area contributed by atoms with Gasteiger partial charge in [-0.3, -0.25) is 0 Å². The topological polar surface area (TPSA) is 38.8 Å². The molecule has 2 aromatic carbocycles. The summed E-state index contributed by atoms with van der Waals surface area (Å²) in [4.78, 5) is 18.6. The lowest BCUT2D eigenvalue weighted by molar-refractivity contribution is 0.178. The highest BCUT2D eigenvalue weighted by molar-refractivity contribution is 5.74. The van der Waals surface area contributed by atoms with Gasteiger partial charge >= 0.3 is 6.03 Å². The highest BCUT2D eigenvalue weighted by Gasteiger charge is 2.25. The smallest absolute Gasteiger partial charge is 0.317 e. The van der Waals surface area contributed by atoms with Gasteiger partial charge in [-0.1, -0.05) is 12.1 Å². The zero-order valence-corrected chi connectivity index (χ0v) is 17.7. The highest BCUT2D eigenvalue weighted by atomic mass is 19.1. The number of amides is 2. The lowest BCUT2D eigenvalue weighted by atomic mass is 10.0. The van der Waals surface area contributed by atoms with Gasteiger partial charge in [0.1, 0.15) is 11.6 Å². The fourth-order valence-electron chi connectivity index (χ4n) is 3.79. The summed E-state index contributed by atoms with van der Waals surface area (Å²) < 4.78 is 26.1. The van der Waals surface area contributed by atoms with Gasteiger partial charge in [-0.15, -0.1) is 0 Å². The van der Waals surface area contributed by atoms with Crippen LogP contribution in [0, 0.1) is 11.6 Å². The Morgan fingerprint density at radius 3 is 2.17 bits per heavy atom. The zero-order valence-electron chi connectivity index (χ0n) is 17.7. The molecule has 0 spiro atoms. The van der Waals surface area contributed by atoms with E-state index in [1.165, 1.54) is 24.3 Å². The number of rotatable bonds is 7. The van der Waals surface area contributed by atoms with Crippen molar-refractivity contribution in [3.8, 4) is 0 Å². The standard InChI is InChI=1S/C23H30F2N4O/c1-27(17-18-3-5-19(24)6-4-18)16-13-26-23(30)28(2)21-11-14-29(15-12-21)22-9-7-20(25)8-10-22/h3-10,21H,11-17H2,1-2H3,(H,26,30). The fourth-order valence-corrected chi connectivity index (χ4v) is 3.79. The Morgan fingerprint density at radius 2 is 1.57 bits per heavy atom. The van der Waals surface area contributed by atoms with Crippen molar-refractivity contribution in [2.75, 3.05) is 45.2 Å². The van der Waals surface area contributed by atoms with Crippen LogP contribution in [0.5, 0.6) is 0 Å². The van der Waals surface area contributed by atoms with E-state index in [0.29, 0.717) is 19.6 Å². The molecule has 0 aromatic heterocycles.